The van der Waals surface area contributed by atoms with Crippen molar-refractivity contribution in [1.82, 2.24) is 9.80 Å². The van der Waals surface area contributed by atoms with Crippen LogP contribution >= 0.6 is 0 Å². The van der Waals surface area contributed by atoms with Gasteiger partial charge < -0.3 is 5.11 Å². The number of nitrogens with zero attached hydrogens (tertiary/aromatic N) is 2. The van der Waals surface area contributed by atoms with Crippen molar-refractivity contribution in [2.24, 2.45) is 0 Å². The number of β-amino-alcohol motifs (C(OH)–C–C–N with tert-alkyl or cyclic N) is 1. The van der Waals surface area contributed by atoms with Crippen LogP contribution < -0.4 is 0 Å². The molecule has 0 saturated carbocycles. The molecule has 2 unspecified atom stereocenters. The molecule has 2 saturated heterocycles. The van der Waals surface area contributed by atoms with E-state index < -0.39 is 0 Å². The normalized spacial score (nSPS) is 29.4. The second kappa shape index (κ2) is 6.55. The molecule has 2 rings (SSSR count). The van der Waals surface area contributed by atoms with E-state index in [0.717, 1.165) is 25.6 Å². The van der Waals surface area contributed by atoms with E-state index >= 15 is 0 Å². The Balaban J connectivity index is 1.78. The predicted octanol–water partition coefficient (Wildman–Crippen LogP) is 3.26. The molecule has 1 N–H and O–H groups in total. The summed E-state index contributed by atoms with van der Waals surface area (Å²) in [5.41, 5.74) is 0.554. The molecule has 0 aromatic carbocycles. The average Bonchev–Trinajstić information content (AvgIpc) is 2.97. The van der Waals surface area contributed by atoms with Gasteiger partial charge in [0.25, 0.3) is 0 Å². The molecule has 0 radical (unpaired) electrons. The van der Waals surface area contributed by atoms with Gasteiger partial charge in [-0.05, 0) is 73.3 Å². The van der Waals surface area contributed by atoms with Crippen LogP contribution in [0.25, 0.3) is 0 Å². The Bertz CT molecular complexity index is 335. The van der Waals surface area contributed by atoms with Gasteiger partial charge in [-0.25, -0.2) is 0 Å². The maximum absolute atomic E-state index is 9.74. The lowest BCUT2D eigenvalue weighted by Gasteiger charge is -2.39. The quantitative estimate of drug-likeness (QED) is 0.843. The maximum atomic E-state index is 9.74. The van der Waals surface area contributed by atoms with Gasteiger partial charge in [-0.1, -0.05) is 6.42 Å². The SMILES string of the molecule is CC(C)(C)N1CCCC1CCCC(C)(C)N1CCC(O)C1. The first-order valence-corrected chi connectivity index (χ1v) is 8.90. The van der Waals surface area contributed by atoms with Crippen LogP contribution in [0.1, 0.15) is 73.1 Å². The van der Waals surface area contributed by atoms with Gasteiger partial charge in [-0.15, -0.1) is 0 Å². The standard InChI is InChI=1S/C18H36N2O/c1-17(2,3)20-12-7-9-15(20)8-6-11-18(4,5)19-13-10-16(21)14-19/h15-16,21H,6-14H2,1-5H3. The molecule has 0 spiro atoms. The van der Waals surface area contributed by atoms with Crippen molar-refractivity contribution in [2.75, 3.05) is 19.6 Å². The molecule has 3 nitrogen and oxygen atoms in total. The first-order chi connectivity index (χ1) is 9.70. The van der Waals surface area contributed by atoms with Crippen LogP contribution in [0.5, 0.6) is 0 Å². The minimum absolute atomic E-state index is 0.101. The molecule has 0 bridgehead atoms. The van der Waals surface area contributed by atoms with Gasteiger partial charge in [0.1, 0.15) is 0 Å². The van der Waals surface area contributed by atoms with Gasteiger partial charge in [0.05, 0.1) is 6.10 Å². The topological polar surface area (TPSA) is 26.7 Å². The summed E-state index contributed by atoms with van der Waals surface area (Å²) in [5, 5.41) is 9.74. The molecular formula is C18H36N2O. The summed E-state index contributed by atoms with van der Waals surface area (Å²) in [6.07, 6.45) is 7.46. The number of rotatable bonds is 5. The predicted molar refractivity (Wildman–Crippen MR) is 89.6 cm³/mol. The number of aliphatic hydroxyl groups is 1. The number of likely N-dealkylation sites (tertiary alicyclic amines) is 2. The van der Waals surface area contributed by atoms with Crippen LogP contribution in [0.3, 0.4) is 0 Å². The fourth-order valence-corrected chi connectivity index (χ4v) is 4.24. The van der Waals surface area contributed by atoms with Crippen molar-refractivity contribution in [3.63, 3.8) is 0 Å². The van der Waals surface area contributed by atoms with Crippen molar-refractivity contribution in [2.45, 2.75) is 96.4 Å². The van der Waals surface area contributed by atoms with Gasteiger partial charge in [-0.2, -0.15) is 0 Å². The average molecular weight is 296 g/mol. The van der Waals surface area contributed by atoms with Gasteiger partial charge in [-0.3, -0.25) is 9.80 Å². The smallest absolute Gasteiger partial charge is 0.0679 e. The summed E-state index contributed by atoms with van der Waals surface area (Å²) in [5.74, 6) is 0. The van der Waals surface area contributed by atoms with E-state index in [1.165, 1.54) is 38.6 Å². The van der Waals surface area contributed by atoms with E-state index in [4.69, 9.17) is 0 Å². The van der Waals surface area contributed by atoms with Crippen LogP contribution in [0.2, 0.25) is 0 Å². The highest BCUT2D eigenvalue weighted by atomic mass is 16.3. The summed E-state index contributed by atoms with van der Waals surface area (Å²) < 4.78 is 0. The molecule has 2 atom stereocenters. The van der Waals surface area contributed by atoms with E-state index in [2.05, 4.69) is 44.4 Å². The molecule has 2 aliphatic heterocycles. The van der Waals surface area contributed by atoms with E-state index in [1.54, 1.807) is 0 Å². The van der Waals surface area contributed by atoms with Crippen LogP contribution in [0.15, 0.2) is 0 Å². The van der Waals surface area contributed by atoms with E-state index in [0.29, 0.717) is 5.54 Å². The lowest BCUT2D eigenvalue weighted by Crippen LogP contribution is -2.45. The molecule has 2 heterocycles. The second-order valence-corrected chi connectivity index (χ2v) is 8.75. The highest BCUT2D eigenvalue weighted by molar-refractivity contribution is 4.91. The molecule has 124 valence electrons. The number of hydrogen-bond acceptors (Lipinski definition) is 3. The van der Waals surface area contributed by atoms with Crippen LogP contribution in [0.4, 0.5) is 0 Å². The largest absolute Gasteiger partial charge is 0.392 e. The molecule has 0 aromatic heterocycles. The van der Waals surface area contributed by atoms with E-state index in [1.807, 2.05) is 0 Å². The third kappa shape index (κ3) is 4.43. The van der Waals surface area contributed by atoms with Crippen molar-refractivity contribution < 1.29 is 5.11 Å². The molecule has 0 aromatic rings. The number of aliphatic hydroxyl groups excluding tert-OH is 1. The van der Waals surface area contributed by atoms with Crippen LogP contribution in [-0.2, 0) is 0 Å². The molecule has 0 amide bonds. The highest BCUT2D eigenvalue weighted by Gasteiger charge is 2.35. The molecular weight excluding hydrogens is 260 g/mol. The summed E-state index contributed by atoms with van der Waals surface area (Å²) >= 11 is 0. The monoisotopic (exact) mass is 296 g/mol. The molecule has 21 heavy (non-hydrogen) atoms. The molecule has 2 aliphatic rings. The zero-order valence-corrected chi connectivity index (χ0v) is 14.9. The molecule has 3 heteroatoms. The zero-order valence-electron chi connectivity index (χ0n) is 14.9. The fourth-order valence-electron chi connectivity index (χ4n) is 4.24. The first-order valence-electron chi connectivity index (χ1n) is 8.90. The lowest BCUT2D eigenvalue weighted by atomic mass is 9.92. The van der Waals surface area contributed by atoms with Gasteiger partial charge in [0, 0.05) is 30.2 Å². The van der Waals surface area contributed by atoms with Crippen molar-refractivity contribution in [1.29, 1.82) is 0 Å². The molecule has 0 aliphatic carbocycles. The zero-order chi connectivity index (χ0) is 15.7. The lowest BCUT2D eigenvalue weighted by molar-refractivity contribution is 0.0948. The van der Waals surface area contributed by atoms with Gasteiger partial charge in [0.15, 0.2) is 0 Å². The maximum Gasteiger partial charge on any atom is 0.0679 e. The fraction of sp³-hybridized carbons (Fsp3) is 1.00. The van der Waals surface area contributed by atoms with Gasteiger partial charge >= 0.3 is 0 Å². The number of hydrogen-bond donors (Lipinski definition) is 1. The highest BCUT2D eigenvalue weighted by Crippen LogP contribution is 2.31. The first kappa shape index (κ1) is 17.2. The minimum Gasteiger partial charge on any atom is -0.392 e. The van der Waals surface area contributed by atoms with Crippen molar-refractivity contribution in [3.05, 3.63) is 0 Å². The van der Waals surface area contributed by atoms with Crippen LogP contribution in [-0.4, -0.2) is 57.8 Å². The second-order valence-electron chi connectivity index (χ2n) is 8.75. The summed E-state index contributed by atoms with van der Waals surface area (Å²) in [6.45, 7) is 14.9. The molecule has 2 fully saturated rings. The Morgan fingerprint density at radius 1 is 1.05 bits per heavy atom. The van der Waals surface area contributed by atoms with Gasteiger partial charge in [0.2, 0.25) is 0 Å². The Morgan fingerprint density at radius 2 is 1.76 bits per heavy atom. The van der Waals surface area contributed by atoms with E-state index in [9.17, 15) is 5.11 Å². The van der Waals surface area contributed by atoms with E-state index in [-0.39, 0.29) is 11.6 Å². The Kier molecular flexibility index (Phi) is 5.38. The Labute approximate surface area is 131 Å². The third-order valence-corrected chi connectivity index (χ3v) is 5.58. The van der Waals surface area contributed by atoms with Crippen molar-refractivity contribution >= 4 is 0 Å². The van der Waals surface area contributed by atoms with Crippen LogP contribution in [0, 0.1) is 0 Å². The summed E-state index contributed by atoms with van der Waals surface area (Å²) in [6, 6.07) is 0.782. The van der Waals surface area contributed by atoms with Crippen molar-refractivity contribution in [3.8, 4) is 0 Å². The summed E-state index contributed by atoms with van der Waals surface area (Å²) in [7, 11) is 0. The Hall–Kier alpha value is -0.120. The third-order valence-electron chi connectivity index (χ3n) is 5.58. The summed E-state index contributed by atoms with van der Waals surface area (Å²) in [4.78, 5) is 5.19. The minimum atomic E-state index is -0.101. The Morgan fingerprint density at radius 3 is 2.33 bits per heavy atom.